The quantitative estimate of drug-likeness (QED) is 0.770. The molecule has 0 aromatic heterocycles. The van der Waals surface area contributed by atoms with Crippen molar-refractivity contribution in [1.82, 2.24) is 0 Å². The highest BCUT2D eigenvalue weighted by Gasteiger charge is 2.18. The monoisotopic (exact) mass is 221 g/mol. The van der Waals surface area contributed by atoms with E-state index >= 15 is 0 Å². The van der Waals surface area contributed by atoms with Gasteiger partial charge in [-0.05, 0) is 30.2 Å². The van der Waals surface area contributed by atoms with E-state index in [1.165, 1.54) is 6.92 Å². The number of hydrogen-bond acceptors (Lipinski definition) is 3. The summed E-state index contributed by atoms with van der Waals surface area (Å²) in [5, 5.41) is 8.69. The Morgan fingerprint density at radius 3 is 2.56 bits per heavy atom. The molecule has 1 unspecified atom stereocenters. The highest BCUT2D eigenvalue weighted by molar-refractivity contribution is 5.49. The Balaban J connectivity index is 2.46. The summed E-state index contributed by atoms with van der Waals surface area (Å²) < 4.78 is 24.1. The molecule has 0 fully saturated rings. The Morgan fingerprint density at radius 1 is 1.38 bits per heavy atom. The van der Waals surface area contributed by atoms with E-state index in [2.05, 4.69) is 0 Å². The maximum absolute atomic E-state index is 13.4. The minimum atomic E-state index is -1.11. The molecule has 1 aliphatic rings. The molecule has 1 atom stereocenters. The van der Waals surface area contributed by atoms with Crippen LogP contribution < -0.4 is 9.47 Å². The van der Waals surface area contributed by atoms with Crippen LogP contribution in [0, 0.1) is 11.3 Å². The van der Waals surface area contributed by atoms with Crippen molar-refractivity contribution < 1.29 is 13.9 Å². The summed E-state index contributed by atoms with van der Waals surface area (Å²) >= 11 is 0. The molecule has 4 heteroatoms. The molecule has 0 saturated heterocycles. The Bertz CT molecular complexity index is 437. The lowest BCUT2D eigenvalue weighted by molar-refractivity contribution is 0.171. The number of nitrogens with zero attached hydrogens (tertiary/aromatic N) is 1. The zero-order chi connectivity index (χ0) is 11.5. The summed E-state index contributed by atoms with van der Waals surface area (Å²) in [6.07, 6.45) is -0.931. The van der Waals surface area contributed by atoms with Crippen LogP contribution in [0.15, 0.2) is 12.1 Å². The van der Waals surface area contributed by atoms with Gasteiger partial charge < -0.3 is 9.47 Å². The predicted octanol–water partition coefficient (Wildman–Crippen LogP) is 2.55. The van der Waals surface area contributed by atoms with Gasteiger partial charge >= 0.3 is 0 Å². The van der Waals surface area contributed by atoms with Crippen molar-refractivity contribution in [2.24, 2.45) is 0 Å². The summed E-state index contributed by atoms with van der Waals surface area (Å²) in [6, 6.07) is 5.35. The number of fused-ring (bicyclic) bond motifs is 1. The molecule has 84 valence electrons. The summed E-state index contributed by atoms with van der Waals surface area (Å²) in [7, 11) is 0. The van der Waals surface area contributed by atoms with Gasteiger partial charge in [0.25, 0.3) is 0 Å². The van der Waals surface area contributed by atoms with E-state index < -0.39 is 6.17 Å². The fourth-order valence-corrected chi connectivity index (χ4v) is 1.76. The molecular weight excluding hydrogens is 209 g/mol. The van der Waals surface area contributed by atoms with E-state index in [4.69, 9.17) is 14.7 Å². The molecule has 2 rings (SSSR count). The standard InChI is InChI=1S/C12H12FNO2/c1-8(13)10-7-12-11(15-4-5-16-12)6-9(10)2-3-14/h6-8H,2,4-5H2,1H3. The van der Waals surface area contributed by atoms with Crippen molar-refractivity contribution in [3.05, 3.63) is 23.3 Å². The van der Waals surface area contributed by atoms with E-state index in [9.17, 15) is 4.39 Å². The average Bonchev–Trinajstić information content (AvgIpc) is 2.28. The molecule has 0 radical (unpaired) electrons. The van der Waals surface area contributed by atoms with Gasteiger partial charge in [0.2, 0.25) is 0 Å². The van der Waals surface area contributed by atoms with Gasteiger partial charge in [0, 0.05) is 0 Å². The van der Waals surface area contributed by atoms with Gasteiger partial charge in [0.15, 0.2) is 11.5 Å². The Morgan fingerprint density at radius 2 is 2.00 bits per heavy atom. The first-order valence-corrected chi connectivity index (χ1v) is 5.16. The molecule has 1 aliphatic heterocycles. The van der Waals surface area contributed by atoms with Crippen LogP contribution in [0.1, 0.15) is 24.2 Å². The third-order valence-corrected chi connectivity index (χ3v) is 2.50. The lowest BCUT2D eigenvalue weighted by Gasteiger charge is -2.21. The molecule has 0 bridgehead atoms. The zero-order valence-electron chi connectivity index (χ0n) is 9.00. The highest BCUT2D eigenvalue weighted by atomic mass is 19.1. The number of rotatable bonds is 2. The first kappa shape index (κ1) is 10.7. The SMILES string of the molecule is CC(F)c1cc2c(cc1CC#N)OCCO2. The van der Waals surface area contributed by atoms with Gasteiger partial charge in [0.1, 0.15) is 19.4 Å². The van der Waals surface area contributed by atoms with Crippen molar-refractivity contribution in [3.63, 3.8) is 0 Å². The Kier molecular flexibility index (Phi) is 2.95. The molecule has 0 spiro atoms. The molecule has 0 saturated carbocycles. The van der Waals surface area contributed by atoms with E-state index in [0.717, 1.165) is 0 Å². The first-order chi connectivity index (χ1) is 7.72. The maximum Gasteiger partial charge on any atom is 0.161 e. The van der Waals surface area contributed by atoms with Crippen LogP contribution in [0.3, 0.4) is 0 Å². The molecule has 3 nitrogen and oxygen atoms in total. The van der Waals surface area contributed by atoms with Crippen molar-refractivity contribution in [1.29, 1.82) is 5.26 Å². The number of nitriles is 1. The predicted molar refractivity (Wildman–Crippen MR) is 56.3 cm³/mol. The minimum Gasteiger partial charge on any atom is -0.486 e. The second kappa shape index (κ2) is 4.40. The highest BCUT2D eigenvalue weighted by Crippen LogP contribution is 2.36. The number of alkyl halides is 1. The lowest BCUT2D eigenvalue weighted by Crippen LogP contribution is -2.16. The molecule has 0 N–H and O–H groups in total. The van der Waals surface area contributed by atoms with Gasteiger partial charge in [-0.25, -0.2) is 4.39 Å². The van der Waals surface area contributed by atoms with Gasteiger partial charge in [-0.3, -0.25) is 0 Å². The van der Waals surface area contributed by atoms with Gasteiger partial charge in [0.05, 0.1) is 12.5 Å². The zero-order valence-corrected chi connectivity index (χ0v) is 9.00. The van der Waals surface area contributed by atoms with E-state index in [1.807, 2.05) is 6.07 Å². The van der Waals surface area contributed by atoms with Gasteiger partial charge in [-0.15, -0.1) is 0 Å². The molecule has 1 aromatic carbocycles. The van der Waals surface area contributed by atoms with Crippen LogP contribution in [0.2, 0.25) is 0 Å². The van der Waals surface area contributed by atoms with Crippen LogP contribution >= 0.6 is 0 Å². The van der Waals surface area contributed by atoms with Crippen LogP contribution in [-0.4, -0.2) is 13.2 Å². The molecule has 1 aromatic rings. The number of ether oxygens (including phenoxy) is 2. The fourth-order valence-electron chi connectivity index (χ4n) is 1.76. The fraction of sp³-hybridized carbons (Fsp3) is 0.417. The third kappa shape index (κ3) is 1.94. The van der Waals surface area contributed by atoms with E-state index in [0.29, 0.717) is 35.8 Å². The summed E-state index contributed by atoms with van der Waals surface area (Å²) in [5.74, 6) is 1.16. The van der Waals surface area contributed by atoms with E-state index in [1.54, 1.807) is 12.1 Å². The largest absolute Gasteiger partial charge is 0.486 e. The normalized spacial score (nSPS) is 15.3. The van der Waals surface area contributed by atoms with Crippen molar-refractivity contribution >= 4 is 0 Å². The Hall–Kier alpha value is -1.76. The van der Waals surface area contributed by atoms with Crippen LogP contribution in [0.5, 0.6) is 11.5 Å². The topological polar surface area (TPSA) is 42.2 Å². The molecule has 0 amide bonds. The van der Waals surface area contributed by atoms with Gasteiger partial charge in [-0.2, -0.15) is 5.26 Å². The summed E-state index contributed by atoms with van der Waals surface area (Å²) in [6.45, 7) is 2.42. The minimum absolute atomic E-state index is 0.181. The second-order valence-electron chi connectivity index (χ2n) is 3.65. The number of halogens is 1. The smallest absolute Gasteiger partial charge is 0.161 e. The van der Waals surface area contributed by atoms with Gasteiger partial charge in [-0.1, -0.05) is 0 Å². The second-order valence-corrected chi connectivity index (χ2v) is 3.65. The first-order valence-electron chi connectivity index (χ1n) is 5.16. The van der Waals surface area contributed by atoms with Crippen molar-refractivity contribution in [3.8, 4) is 17.6 Å². The van der Waals surface area contributed by atoms with E-state index in [-0.39, 0.29) is 6.42 Å². The van der Waals surface area contributed by atoms with Crippen molar-refractivity contribution in [2.75, 3.05) is 13.2 Å². The van der Waals surface area contributed by atoms with Crippen LogP contribution in [0.4, 0.5) is 4.39 Å². The molecular formula is C12H12FNO2. The summed E-state index contributed by atoms with van der Waals surface area (Å²) in [5.41, 5.74) is 1.17. The number of hydrogen-bond donors (Lipinski definition) is 0. The van der Waals surface area contributed by atoms with Crippen LogP contribution in [-0.2, 0) is 6.42 Å². The Labute approximate surface area is 93.4 Å². The third-order valence-electron chi connectivity index (χ3n) is 2.50. The molecule has 16 heavy (non-hydrogen) atoms. The maximum atomic E-state index is 13.4. The van der Waals surface area contributed by atoms with Crippen LogP contribution in [0.25, 0.3) is 0 Å². The average molecular weight is 221 g/mol. The summed E-state index contributed by atoms with van der Waals surface area (Å²) in [4.78, 5) is 0. The molecule has 1 heterocycles. The lowest BCUT2D eigenvalue weighted by atomic mass is 10.0. The van der Waals surface area contributed by atoms with Crippen molar-refractivity contribution in [2.45, 2.75) is 19.5 Å². The molecule has 0 aliphatic carbocycles. The number of benzene rings is 1.